The third-order valence-corrected chi connectivity index (χ3v) is 3.99. The van der Waals surface area contributed by atoms with Gasteiger partial charge in [0.1, 0.15) is 5.69 Å². The molecule has 0 bridgehead atoms. The van der Waals surface area contributed by atoms with E-state index in [4.69, 9.17) is 0 Å². The maximum absolute atomic E-state index is 11.5. The SMILES string of the molecule is O=C(CC1CC1)Nc1nc2c(s1)CCC2=O. The van der Waals surface area contributed by atoms with E-state index in [1.807, 2.05) is 0 Å². The van der Waals surface area contributed by atoms with Crippen LogP contribution in [0.25, 0.3) is 0 Å². The summed E-state index contributed by atoms with van der Waals surface area (Å²) >= 11 is 1.44. The molecule has 3 rings (SSSR count). The lowest BCUT2D eigenvalue weighted by Gasteiger charge is -1.99. The molecule has 0 aliphatic heterocycles. The summed E-state index contributed by atoms with van der Waals surface area (Å²) in [6, 6.07) is 0. The van der Waals surface area contributed by atoms with Gasteiger partial charge in [-0.15, -0.1) is 11.3 Å². The molecule has 0 aromatic carbocycles. The molecule has 2 aliphatic rings. The molecule has 1 heterocycles. The number of hydrogen-bond donors (Lipinski definition) is 1. The second kappa shape index (κ2) is 3.66. The van der Waals surface area contributed by atoms with Crippen LogP contribution in [0, 0.1) is 5.92 Å². The van der Waals surface area contributed by atoms with Crippen molar-refractivity contribution in [3.63, 3.8) is 0 Å². The zero-order valence-electron chi connectivity index (χ0n) is 8.78. The summed E-state index contributed by atoms with van der Waals surface area (Å²) in [5.41, 5.74) is 0.576. The fraction of sp³-hybridized carbons (Fsp3) is 0.545. The maximum atomic E-state index is 11.5. The Labute approximate surface area is 97.1 Å². The number of aromatic nitrogens is 1. The van der Waals surface area contributed by atoms with Crippen LogP contribution in [-0.2, 0) is 11.2 Å². The van der Waals surface area contributed by atoms with Crippen molar-refractivity contribution in [2.75, 3.05) is 5.32 Å². The molecule has 1 fully saturated rings. The highest BCUT2D eigenvalue weighted by Gasteiger charge is 2.27. The van der Waals surface area contributed by atoms with Crippen molar-refractivity contribution in [2.24, 2.45) is 5.92 Å². The van der Waals surface area contributed by atoms with Gasteiger partial charge < -0.3 is 5.32 Å². The molecule has 4 nitrogen and oxygen atoms in total. The fourth-order valence-corrected chi connectivity index (χ4v) is 2.89. The van der Waals surface area contributed by atoms with Crippen LogP contribution in [-0.4, -0.2) is 16.7 Å². The van der Waals surface area contributed by atoms with Gasteiger partial charge in [-0.2, -0.15) is 0 Å². The van der Waals surface area contributed by atoms with Crippen molar-refractivity contribution in [1.29, 1.82) is 0 Å². The minimum absolute atomic E-state index is 0.0300. The van der Waals surface area contributed by atoms with Gasteiger partial charge >= 0.3 is 0 Å². The first-order valence-corrected chi connectivity index (χ1v) is 6.37. The number of aryl methyl sites for hydroxylation is 1. The molecule has 0 saturated heterocycles. The van der Waals surface area contributed by atoms with Crippen LogP contribution in [0.15, 0.2) is 0 Å². The number of Topliss-reactive ketones (excluding diaryl/α,β-unsaturated/α-hetero) is 1. The Bertz CT molecular complexity index is 463. The van der Waals surface area contributed by atoms with Crippen LogP contribution in [0.5, 0.6) is 0 Å². The summed E-state index contributed by atoms with van der Waals surface area (Å²) in [7, 11) is 0. The molecule has 1 aromatic heterocycles. The van der Waals surface area contributed by atoms with Crippen molar-refractivity contribution in [3.05, 3.63) is 10.6 Å². The highest BCUT2D eigenvalue weighted by molar-refractivity contribution is 7.16. The van der Waals surface area contributed by atoms with E-state index in [2.05, 4.69) is 10.3 Å². The Morgan fingerprint density at radius 2 is 2.25 bits per heavy atom. The van der Waals surface area contributed by atoms with Crippen LogP contribution < -0.4 is 5.32 Å². The molecule has 0 radical (unpaired) electrons. The largest absolute Gasteiger partial charge is 0.302 e. The minimum atomic E-state index is 0.0300. The van der Waals surface area contributed by atoms with Gasteiger partial charge in [-0.25, -0.2) is 4.98 Å². The quantitative estimate of drug-likeness (QED) is 0.873. The number of nitrogens with one attached hydrogen (secondary N) is 1. The number of fused-ring (bicyclic) bond motifs is 1. The van der Waals surface area contributed by atoms with E-state index in [1.165, 1.54) is 24.2 Å². The van der Waals surface area contributed by atoms with Crippen LogP contribution in [0.4, 0.5) is 5.13 Å². The smallest absolute Gasteiger partial charge is 0.226 e. The van der Waals surface area contributed by atoms with Gasteiger partial charge in [-0.1, -0.05) is 0 Å². The van der Waals surface area contributed by atoms with Crippen LogP contribution in [0.1, 0.15) is 41.0 Å². The first-order valence-electron chi connectivity index (χ1n) is 5.55. The third-order valence-electron chi connectivity index (χ3n) is 2.96. The second-order valence-electron chi connectivity index (χ2n) is 4.41. The standard InChI is InChI=1S/C11H12N2O2S/c14-7-3-4-8-10(7)13-11(16-8)12-9(15)5-6-1-2-6/h6H,1-5H2,(H,12,13,15). The number of carbonyl (C=O) groups is 2. The van der Waals surface area contributed by atoms with Crippen molar-refractivity contribution in [3.8, 4) is 0 Å². The molecule has 1 aromatic rings. The zero-order chi connectivity index (χ0) is 11.1. The average molecular weight is 236 g/mol. The molecule has 1 saturated carbocycles. The Morgan fingerprint density at radius 1 is 1.44 bits per heavy atom. The van der Waals surface area contributed by atoms with Crippen LogP contribution in [0.3, 0.4) is 0 Å². The van der Waals surface area contributed by atoms with Crippen molar-refractivity contribution in [2.45, 2.75) is 32.1 Å². The number of anilines is 1. The zero-order valence-corrected chi connectivity index (χ0v) is 9.60. The highest BCUT2D eigenvalue weighted by Crippen LogP contribution is 2.34. The van der Waals surface area contributed by atoms with Crippen molar-refractivity contribution in [1.82, 2.24) is 4.98 Å². The number of amides is 1. The number of nitrogens with zero attached hydrogens (tertiary/aromatic N) is 1. The summed E-state index contributed by atoms with van der Waals surface area (Å²) in [5.74, 6) is 0.713. The van der Waals surface area contributed by atoms with Gasteiger partial charge in [-0.3, -0.25) is 9.59 Å². The Hall–Kier alpha value is -1.23. The third kappa shape index (κ3) is 1.87. The lowest BCUT2D eigenvalue weighted by molar-refractivity contribution is -0.116. The summed E-state index contributed by atoms with van der Waals surface area (Å²) in [4.78, 5) is 28.1. The number of rotatable bonds is 3. The van der Waals surface area contributed by atoms with Gasteiger partial charge in [0, 0.05) is 17.7 Å². The first kappa shape index (κ1) is 9.96. The fourth-order valence-electron chi connectivity index (χ4n) is 1.89. The van der Waals surface area contributed by atoms with Gasteiger partial charge in [-0.05, 0) is 25.2 Å². The molecule has 5 heteroatoms. The summed E-state index contributed by atoms with van der Waals surface area (Å²) in [5, 5.41) is 3.37. The molecule has 0 spiro atoms. The Balaban J connectivity index is 1.68. The van der Waals surface area contributed by atoms with E-state index in [0.717, 1.165) is 11.3 Å². The summed E-state index contributed by atoms with van der Waals surface area (Å²) < 4.78 is 0. The molecule has 1 amide bonds. The van der Waals surface area contributed by atoms with E-state index in [0.29, 0.717) is 29.6 Å². The second-order valence-corrected chi connectivity index (χ2v) is 5.49. The number of ketones is 1. The minimum Gasteiger partial charge on any atom is -0.302 e. The number of hydrogen-bond acceptors (Lipinski definition) is 4. The van der Waals surface area contributed by atoms with Gasteiger partial charge in [0.05, 0.1) is 0 Å². The molecule has 16 heavy (non-hydrogen) atoms. The Kier molecular flexibility index (Phi) is 2.28. The lowest BCUT2D eigenvalue weighted by atomic mass is 10.3. The van der Waals surface area contributed by atoms with Gasteiger partial charge in [0.15, 0.2) is 10.9 Å². The lowest BCUT2D eigenvalue weighted by Crippen LogP contribution is -2.11. The summed E-state index contributed by atoms with van der Waals surface area (Å²) in [6.07, 6.45) is 4.29. The molecule has 0 unspecified atom stereocenters. The van der Waals surface area contributed by atoms with E-state index in [-0.39, 0.29) is 11.7 Å². The molecular formula is C11H12N2O2S. The van der Waals surface area contributed by atoms with Crippen molar-refractivity contribution >= 4 is 28.2 Å². The predicted molar refractivity (Wildman–Crippen MR) is 60.7 cm³/mol. The van der Waals surface area contributed by atoms with E-state index in [9.17, 15) is 9.59 Å². The van der Waals surface area contributed by atoms with Crippen molar-refractivity contribution < 1.29 is 9.59 Å². The first-order chi connectivity index (χ1) is 7.72. The normalized spacial score (nSPS) is 18.6. The molecule has 0 atom stereocenters. The number of thiazole rings is 1. The topological polar surface area (TPSA) is 59.1 Å². The summed E-state index contributed by atoms with van der Waals surface area (Å²) in [6.45, 7) is 0. The number of carbonyl (C=O) groups excluding carboxylic acids is 2. The molecule has 1 N–H and O–H groups in total. The molecular weight excluding hydrogens is 224 g/mol. The van der Waals surface area contributed by atoms with Crippen LogP contribution in [0.2, 0.25) is 0 Å². The maximum Gasteiger partial charge on any atom is 0.226 e. The van der Waals surface area contributed by atoms with E-state index >= 15 is 0 Å². The Morgan fingerprint density at radius 3 is 2.94 bits per heavy atom. The highest BCUT2D eigenvalue weighted by atomic mass is 32.1. The monoisotopic (exact) mass is 236 g/mol. The molecule has 84 valence electrons. The van der Waals surface area contributed by atoms with Crippen LogP contribution >= 0.6 is 11.3 Å². The van der Waals surface area contributed by atoms with E-state index < -0.39 is 0 Å². The molecule has 2 aliphatic carbocycles. The van der Waals surface area contributed by atoms with Gasteiger partial charge in [0.2, 0.25) is 5.91 Å². The average Bonchev–Trinajstić information content (AvgIpc) is 2.84. The van der Waals surface area contributed by atoms with Gasteiger partial charge in [0.25, 0.3) is 0 Å². The predicted octanol–water partition coefficient (Wildman–Crippen LogP) is 2.01. The van der Waals surface area contributed by atoms with E-state index in [1.54, 1.807) is 0 Å².